The summed E-state index contributed by atoms with van der Waals surface area (Å²) < 4.78 is 0. The Kier molecular flexibility index (Phi) is 5.36. The third kappa shape index (κ3) is 4.24. The Hall–Kier alpha value is -1.19. The quantitative estimate of drug-likeness (QED) is 0.442. The van der Waals surface area contributed by atoms with Crippen molar-refractivity contribution in [1.29, 1.82) is 0 Å². The van der Waals surface area contributed by atoms with Crippen LogP contribution in [0.25, 0.3) is 0 Å². The van der Waals surface area contributed by atoms with Crippen molar-refractivity contribution >= 4 is 29.8 Å². The standard InChI is InChI=1S/C15H14OS2/c16-12-13-5-4-8-15(11-13)18-10-9-17-14-6-2-1-3-7-14/h1-8,11-12H,9-10H2. The molecule has 2 aromatic rings. The minimum atomic E-state index is 0.746. The van der Waals surface area contributed by atoms with Crippen molar-refractivity contribution in [3.63, 3.8) is 0 Å². The van der Waals surface area contributed by atoms with Gasteiger partial charge in [-0.2, -0.15) is 0 Å². The smallest absolute Gasteiger partial charge is 0.150 e. The van der Waals surface area contributed by atoms with Crippen LogP contribution in [0.1, 0.15) is 10.4 Å². The van der Waals surface area contributed by atoms with Crippen molar-refractivity contribution < 1.29 is 4.79 Å². The van der Waals surface area contributed by atoms with E-state index in [4.69, 9.17) is 0 Å². The average molecular weight is 274 g/mol. The van der Waals surface area contributed by atoms with Crippen molar-refractivity contribution in [2.45, 2.75) is 9.79 Å². The van der Waals surface area contributed by atoms with Crippen LogP contribution < -0.4 is 0 Å². The van der Waals surface area contributed by atoms with E-state index in [-0.39, 0.29) is 0 Å². The van der Waals surface area contributed by atoms with E-state index >= 15 is 0 Å². The van der Waals surface area contributed by atoms with Crippen LogP contribution in [0.4, 0.5) is 0 Å². The molecule has 18 heavy (non-hydrogen) atoms. The highest BCUT2D eigenvalue weighted by molar-refractivity contribution is 8.03. The molecule has 0 N–H and O–H groups in total. The number of thioether (sulfide) groups is 2. The second-order valence-corrected chi connectivity index (χ2v) is 6.04. The lowest BCUT2D eigenvalue weighted by atomic mass is 10.2. The zero-order valence-electron chi connectivity index (χ0n) is 9.91. The molecular weight excluding hydrogens is 260 g/mol. The molecule has 0 aliphatic rings. The average Bonchev–Trinajstić information content (AvgIpc) is 2.45. The Bertz CT molecular complexity index is 497. The topological polar surface area (TPSA) is 17.1 Å². The van der Waals surface area contributed by atoms with Crippen molar-refractivity contribution in [3.05, 3.63) is 60.2 Å². The number of rotatable bonds is 6. The summed E-state index contributed by atoms with van der Waals surface area (Å²) in [5, 5.41) is 0. The molecule has 0 aliphatic heterocycles. The molecule has 3 heteroatoms. The number of benzene rings is 2. The van der Waals surface area contributed by atoms with Gasteiger partial charge in [0.1, 0.15) is 6.29 Å². The summed E-state index contributed by atoms with van der Waals surface area (Å²) in [7, 11) is 0. The van der Waals surface area contributed by atoms with Crippen molar-refractivity contribution in [1.82, 2.24) is 0 Å². The van der Waals surface area contributed by atoms with Gasteiger partial charge in [-0.15, -0.1) is 23.5 Å². The van der Waals surface area contributed by atoms with Gasteiger partial charge in [-0.05, 0) is 24.3 Å². The lowest BCUT2D eigenvalue weighted by Gasteiger charge is -2.02. The van der Waals surface area contributed by atoms with Crippen LogP contribution in [0.15, 0.2) is 64.4 Å². The summed E-state index contributed by atoms with van der Waals surface area (Å²) in [5.74, 6) is 2.11. The maximum absolute atomic E-state index is 10.7. The van der Waals surface area contributed by atoms with E-state index in [9.17, 15) is 4.79 Å². The minimum Gasteiger partial charge on any atom is -0.298 e. The summed E-state index contributed by atoms with van der Waals surface area (Å²) in [4.78, 5) is 13.1. The lowest BCUT2D eigenvalue weighted by molar-refractivity contribution is 0.112. The minimum absolute atomic E-state index is 0.746. The Balaban J connectivity index is 1.76. The normalized spacial score (nSPS) is 10.2. The van der Waals surface area contributed by atoms with Gasteiger partial charge in [-0.3, -0.25) is 4.79 Å². The van der Waals surface area contributed by atoms with Crippen LogP contribution >= 0.6 is 23.5 Å². The Morgan fingerprint density at radius 3 is 2.22 bits per heavy atom. The molecule has 0 amide bonds. The van der Waals surface area contributed by atoms with Gasteiger partial charge in [0, 0.05) is 26.9 Å². The zero-order valence-corrected chi connectivity index (χ0v) is 11.5. The van der Waals surface area contributed by atoms with Crippen molar-refractivity contribution in [3.8, 4) is 0 Å². The molecule has 0 spiro atoms. The van der Waals surface area contributed by atoms with E-state index in [1.165, 1.54) is 4.90 Å². The highest BCUT2D eigenvalue weighted by Crippen LogP contribution is 2.23. The van der Waals surface area contributed by atoms with Crippen LogP contribution in [0.5, 0.6) is 0 Å². The largest absolute Gasteiger partial charge is 0.298 e. The molecule has 0 radical (unpaired) electrons. The van der Waals surface area contributed by atoms with E-state index in [0.717, 1.165) is 28.3 Å². The maximum atomic E-state index is 10.7. The Labute approximate surface area is 116 Å². The monoisotopic (exact) mass is 274 g/mol. The zero-order chi connectivity index (χ0) is 12.6. The van der Waals surface area contributed by atoms with Crippen LogP contribution in [0.2, 0.25) is 0 Å². The Morgan fingerprint density at radius 1 is 0.833 bits per heavy atom. The van der Waals surface area contributed by atoms with E-state index < -0.39 is 0 Å². The summed E-state index contributed by atoms with van der Waals surface area (Å²) in [6.45, 7) is 0. The summed E-state index contributed by atoms with van der Waals surface area (Å²) in [5.41, 5.74) is 0.746. The van der Waals surface area contributed by atoms with Crippen LogP contribution in [-0.4, -0.2) is 17.8 Å². The first-order valence-electron chi connectivity index (χ1n) is 5.74. The van der Waals surface area contributed by atoms with Crippen molar-refractivity contribution in [2.75, 3.05) is 11.5 Å². The molecule has 1 nitrogen and oxygen atoms in total. The molecule has 0 aromatic heterocycles. The molecule has 2 rings (SSSR count). The van der Waals surface area contributed by atoms with Crippen LogP contribution in [0, 0.1) is 0 Å². The highest BCUT2D eigenvalue weighted by Gasteiger charge is 1.97. The van der Waals surface area contributed by atoms with Gasteiger partial charge in [0.2, 0.25) is 0 Å². The first kappa shape index (κ1) is 13.2. The maximum Gasteiger partial charge on any atom is 0.150 e. The fourth-order valence-electron chi connectivity index (χ4n) is 1.51. The van der Waals surface area contributed by atoms with Gasteiger partial charge in [-0.25, -0.2) is 0 Å². The molecule has 0 bridgehead atoms. The van der Waals surface area contributed by atoms with E-state index in [2.05, 4.69) is 24.3 Å². The fourth-order valence-corrected chi connectivity index (χ4v) is 3.40. The third-order valence-corrected chi connectivity index (χ3v) is 4.63. The summed E-state index contributed by atoms with van der Waals surface area (Å²) in [6, 6.07) is 18.1. The molecule has 0 unspecified atom stereocenters. The van der Waals surface area contributed by atoms with Crippen LogP contribution in [0.3, 0.4) is 0 Å². The molecule has 0 heterocycles. The predicted octanol–water partition coefficient (Wildman–Crippen LogP) is 4.38. The molecule has 92 valence electrons. The van der Waals surface area contributed by atoms with Crippen LogP contribution in [-0.2, 0) is 0 Å². The summed E-state index contributed by atoms with van der Waals surface area (Å²) in [6.07, 6.45) is 0.892. The molecule has 0 saturated heterocycles. The molecule has 0 saturated carbocycles. The Morgan fingerprint density at radius 2 is 1.50 bits per heavy atom. The number of carbonyl (C=O) groups is 1. The second-order valence-electron chi connectivity index (χ2n) is 3.70. The lowest BCUT2D eigenvalue weighted by Crippen LogP contribution is -1.85. The molecule has 2 aromatic carbocycles. The second kappa shape index (κ2) is 7.29. The molecule has 0 fully saturated rings. The first-order chi connectivity index (χ1) is 8.88. The van der Waals surface area contributed by atoms with Gasteiger partial charge in [0.05, 0.1) is 0 Å². The van der Waals surface area contributed by atoms with Crippen molar-refractivity contribution in [2.24, 2.45) is 0 Å². The molecular formula is C15H14OS2. The first-order valence-corrected chi connectivity index (χ1v) is 7.71. The van der Waals surface area contributed by atoms with Gasteiger partial charge in [0.15, 0.2) is 0 Å². The van der Waals surface area contributed by atoms with Gasteiger partial charge in [-0.1, -0.05) is 30.3 Å². The van der Waals surface area contributed by atoms with E-state index in [1.54, 1.807) is 11.8 Å². The summed E-state index contributed by atoms with van der Waals surface area (Å²) >= 11 is 3.65. The number of hydrogen-bond donors (Lipinski definition) is 0. The highest BCUT2D eigenvalue weighted by atomic mass is 32.2. The predicted molar refractivity (Wildman–Crippen MR) is 79.7 cm³/mol. The third-order valence-electron chi connectivity index (χ3n) is 2.36. The SMILES string of the molecule is O=Cc1cccc(SCCSc2ccccc2)c1. The van der Waals surface area contributed by atoms with Gasteiger partial charge < -0.3 is 0 Å². The van der Waals surface area contributed by atoms with Gasteiger partial charge in [0.25, 0.3) is 0 Å². The number of hydrogen-bond acceptors (Lipinski definition) is 3. The van der Waals surface area contributed by atoms with E-state index in [1.807, 2.05) is 42.1 Å². The van der Waals surface area contributed by atoms with E-state index in [0.29, 0.717) is 0 Å². The fraction of sp³-hybridized carbons (Fsp3) is 0.133. The molecule has 0 aliphatic carbocycles. The van der Waals surface area contributed by atoms with Gasteiger partial charge >= 0.3 is 0 Å². The number of carbonyl (C=O) groups excluding carboxylic acids is 1. The molecule has 0 atom stereocenters. The number of aldehydes is 1.